The fourth-order valence-electron chi connectivity index (χ4n) is 3.17. The summed E-state index contributed by atoms with van der Waals surface area (Å²) in [5.74, 6) is -0.263. The number of aryl methyl sites for hydroxylation is 2. The number of Topliss-reactive ketones (excluding diaryl/α,β-unsaturated/α-hetero) is 1. The number of esters is 1. The van der Waals surface area contributed by atoms with Crippen LogP contribution in [0.1, 0.15) is 39.9 Å². The normalized spacial score (nSPS) is 11.5. The largest absolute Gasteiger partial charge is 0.489 e. The maximum Gasteiger partial charge on any atom is 0.338 e. The van der Waals surface area contributed by atoms with Crippen LogP contribution in [0.5, 0.6) is 5.75 Å². The second-order valence-electron chi connectivity index (χ2n) is 7.62. The molecule has 3 rings (SSSR count). The van der Waals surface area contributed by atoms with Crippen LogP contribution < -0.4 is 10.1 Å². The molecule has 0 radical (unpaired) electrons. The SMILES string of the molecule is CC(=O)C(Cc1ccccc1)NC(=O)COC(=O)c1cccc(OCc2c(C)noc2C)c1. The number of nitrogens with one attached hydrogen (secondary N) is 1. The summed E-state index contributed by atoms with van der Waals surface area (Å²) in [6, 6.07) is 15.1. The van der Waals surface area contributed by atoms with Crippen LogP contribution >= 0.6 is 0 Å². The second-order valence-corrected chi connectivity index (χ2v) is 7.62. The van der Waals surface area contributed by atoms with Gasteiger partial charge >= 0.3 is 5.97 Å². The number of carbonyl (C=O) groups excluding carboxylic acids is 3. The van der Waals surface area contributed by atoms with Gasteiger partial charge in [0.2, 0.25) is 0 Å². The first-order chi connectivity index (χ1) is 15.8. The molecule has 0 saturated carbocycles. The Morgan fingerprint density at radius 2 is 1.82 bits per heavy atom. The molecule has 1 amide bonds. The van der Waals surface area contributed by atoms with Gasteiger partial charge in [0.25, 0.3) is 5.91 Å². The molecule has 1 aromatic heterocycles. The number of aromatic nitrogens is 1. The van der Waals surface area contributed by atoms with Crippen LogP contribution in [0.25, 0.3) is 0 Å². The average Bonchev–Trinajstić information content (AvgIpc) is 3.13. The molecule has 1 unspecified atom stereocenters. The van der Waals surface area contributed by atoms with Crippen LogP contribution in [-0.2, 0) is 27.4 Å². The van der Waals surface area contributed by atoms with Crippen molar-refractivity contribution in [3.8, 4) is 5.75 Å². The van der Waals surface area contributed by atoms with Crippen molar-refractivity contribution < 1.29 is 28.4 Å². The maximum absolute atomic E-state index is 12.4. The Morgan fingerprint density at radius 3 is 2.48 bits per heavy atom. The highest BCUT2D eigenvalue weighted by Gasteiger charge is 2.19. The van der Waals surface area contributed by atoms with Gasteiger partial charge in [0, 0.05) is 0 Å². The van der Waals surface area contributed by atoms with Crippen molar-refractivity contribution in [2.24, 2.45) is 0 Å². The van der Waals surface area contributed by atoms with Crippen LogP contribution in [0.3, 0.4) is 0 Å². The van der Waals surface area contributed by atoms with Gasteiger partial charge in [-0.3, -0.25) is 9.59 Å². The summed E-state index contributed by atoms with van der Waals surface area (Å²) >= 11 is 0. The summed E-state index contributed by atoms with van der Waals surface area (Å²) < 4.78 is 16.0. The van der Waals surface area contributed by atoms with Crippen LogP contribution in [0.4, 0.5) is 0 Å². The van der Waals surface area contributed by atoms with Crippen molar-refractivity contribution >= 4 is 17.7 Å². The Labute approximate surface area is 191 Å². The third kappa shape index (κ3) is 6.77. The fourth-order valence-corrected chi connectivity index (χ4v) is 3.17. The summed E-state index contributed by atoms with van der Waals surface area (Å²) in [7, 11) is 0. The van der Waals surface area contributed by atoms with Gasteiger partial charge in [0.15, 0.2) is 12.4 Å². The Morgan fingerprint density at radius 1 is 1.06 bits per heavy atom. The van der Waals surface area contributed by atoms with Gasteiger partial charge < -0.3 is 19.3 Å². The quantitative estimate of drug-likeness (QED) is 0.472. The Kier molecular flexibility index (Phi) is 7.96. The molecule has 0 spiro atoms. The number of carbonyl (C=O) groups is 3. The lowest BCUT2D eigenvalue weighted by Crippen LogP contribution is -2.43. The summed E-state index contributed by atoms with van der Waals surface area (Å²) in [5, 5.41) is 6.51. The van der Waals surface area contributed by atoms with Gasteiger partial charge in [-0.2, -0.15) is 0 Å². The number of ketones is 1. The molecule has 0 aliphatic carbocycles. The maximum atomic E-state index is 12.4. The topological polar surface area (TPSA) is 108 Å². The Balaban J connectivity index is 1.52. The number of rotatable bonds is 10. The zero-order valence-electron chi connectivity index (χ0n) is 18.8. The van der Waals surface area contributed by atoms with Crippen molar-refractivity contribution in [3.05, 3.63) is 82.7 Å². The summed E-state index contributed by atoms with van der Waals surface area (Å²) in [6.45, 7) is 4.78. The molecule has 3 aromatic rings. The van der Waals surface area contributed by atoms with Crippen LogP contribution in [0.2, 0.25) is 0 Å². The Hall–Kier alpha value is -3.94. The lowest BCUT2D eigenvalue weighted by atomic mass is 10.0. The van der Waals surface area contributed by atoms with E-state index >= 15 is 0 Å². The summed E-state index contributed by atoms with van der Waals surface area (Å²) in [6.07, 6.45) is 0.361. The van der Waals surface area contributed by atoms with Crippen molar-refractivity contribution in [2.75, 3.05) is 6.61 Å². The molecular formula is C25H26N2O6. The van der Waals surface area contributed by atoms with E-state index in [2.05, 4.69) is 10.5 Å². The standard InChI is InChI=1S/C25H26N2O6/c1-16-22(18(3)33-27-16)14-31-21-11-7-10-20(13-21)25(30)32-15-24(29)26-23(17(2)28)12-19-8-5-4-6-9-19/h4-11,13,23H,12,14-15H2,1-3H3,(H,26,29). The van der Waals surface area contributed by atoms with E-state index in [0.717, 1.165) is 16.8 Å². The number of hydrogen-bond acceptors (Lipinski definition) is 7. The third-order valence-corrected chi connectivity index (χ3v) is 5.08. The molecule has 1 heterocycles. The van der Waals surface area contributed by atoms with Gasteiger partial charge in [-0.15, -0.1) is 0 Å². The molecule has 8 heteroatoms. The predicted molar refractivity (Wildman–Crippen MR) is 120 cm³/mol. The zero-order chi connectivity index (χ0) is 23.8. The summed E-state index contributed by atoms with van der Waals surface area (Å²) in [5.41, 5.74) is 2.75. The van der Waals surface area contributed by atoms with E-state index in [1.807, 2.05) is 37.3 Å². The van der Waals surface area contributed by atoms with E-state index in [-0.39, 0.29) is 18.0 Å². The molecule has 8 nitrogen and oxygen atoms in total. The highest BCUT2D eigenvalue weighted by Crippen LogP contribution is 2.19. The van der Waals surface area contributed by atoms with Gasteiger partial charge in [-0.05, 0) is 51.0 Å². The van der Waals surface area contributed by atoms with Gasteiger partial charge in [0.1, 0.15) is 18.1 Å². The minimum atomic E-state index is -0.695. The molecule has 0 saturated heterocycles. The molecule has 33 heavy (non-hydrogen) atoms. The van der Waals surface area contributed by atoms with Crippen molar-refractivity contribution in [1.29, 1.82) is 0 Å². The first-order valence-corrected chi connectivity index (χ1v) is 10.5. The fraction of sp³-hybridized carbons (Fsp3) is 0.280. The Bertz CT molecular complexity index is 1100. The number of nitrogens with zero attached hydrogens (tertiary/aromatic N) is 1. The highest BCUT2D eigenvalue weighted by atomic mass is 16.5. The molecule has 0 aliphatic rings. The first-order valence-electron chi connectivity index (χ1n) is 10.5. The van der Waals surface area contributed by atoms with E-state index in [1.54, 1.807) is 25.1 Å². The molecular weight excluding hydrogens is 424 g/mol. The van der Waals surface area contributed by atoms with Crippen LogP contribution in [-0.4, -0.2) is 35.5 Å². The second kappa shape index (κ2) is 11.1. The number of ether oxygens (including phenoxy) is 2. The average molecular weight is 450 g/mol. The minimum Gasteiger partial charge on any atom is -0.489 e. The number of hydrogen-bond donors (Lipinski definition) is 1. The summed E-state index contributed by atoms with van der Waals surface area (Å²) in [4.78, 5) is 36.6. The molecule has 172 valence electrons. The third-order valence-electron chi connectivity index (χ3n) is 5.08. The zero-order valence-corrected chi connectivity index (χ0v) is 18.8. The molecule has 0 bridgehead atoms. The minimum absolute atomic E-state index is 0.179. The number of amides is 1. The molecule has 2 aromatic carbocycles. The van der Waals surface area contributed by atoms with Crippen LogP contribution in [0.15, 0.2) is 59.1 Å². The molecule has 0 fully saturated rings. The lowest BCUT2D eigenvalue weighted by molar-refractivity contribution is -0.128. The van der Waals surface area contributed by atoms with Crippen LogP contribution in [0, 0.1) is 13.8 Å². The van der Waals surface area contributed by atoms with Gasteiger partial charge in [0.05, 0.1) is 22.9 Å². The molecule has 1 N–H and O–H groups in total. The predicted octanol–water partition coefficient (Wildman–Crippen LogP) is 3.34. The van der Waals surface area contributed by atoms with E-state index < -0.39 is 24.5 Å². The lowest BCUT2D eigenvalue weighted by Gasteiger charge is -2.16. The number of benzene rings is 2. The van der Waals surface area contributed by atoms with E-state index in [0.29, 0.717) is 17.9 Å². The monoisotopic (exact) mass is 450 g/mol. The smallest absolute Gasteiger partial charge is 0.338 e. The molecule has 0 aliphatic heterocycles. The highest BCUT2D eigenvalue weighted by molar-refractivity contribution is 5.93. The van der Waals surface area contributed by atoms with E-state index in [9.17, 15) is 14.4 Å². The first kappa shape index (κ1) is 23.7. The van der Waals surface area contributed by atoms with Gasteiger partial charge in [-0.1, -0.05) is 41.6 Å². The van der Waals surface area contributed by atoms with Gasteiger partial charge in [-0.25, -0.2) is 4.79 Å². The van der Waals surface area contributed by atoms with E-state index in [4.69, 9.17) is 14.0 Å². The van der Waals surface area contributed by atoms with E-state index in [1.165, 1.54) is 13.0 Å². The van der Waals surface area contributed by atoms with Crippen molar-refractivity contribution in [2.45, 2.75) is 39.8 Å². The van der Waals surface area contributed by atoms with Crippen molar-refractivity contribution in [1.82, 2.24) is 10.5 Å². The van der Waals surface area contributed by atoms with Crippen molar-refractivity contribution in [3.63, 3.8) is 0 Å². The molecule has 1 atom stereocenters.